The minimum Gasteiger partial charge on any atom is -0.471 e. The summed E-state index contributed by atoms with van der Waals surface area (Å²) in [5, 5.41) is 12.6. The van der Waals surface area contributed by atoms with Crippen LogP contribution in [0.5, 0.6) is 5.88 Å². The number of hydrogen-bond acceptors (Lipinski definition) is 6. The second-order valence-corrected chi connectivity index (χ2v) is 10.1. The summed E-state index contributed by atoms with van der Waals surface area (Å²) in [7, 11) is 0. The number of aryl methyl sites for hydroxylation is 1. The molecule has 0 fully saturated rings. The van der Waals surface area contributed by atoms with Gasteiger partial charge in [0.1, 0.15) is 5.60 Å². The summed E-state index contributed by atoms with van der Waals surface area (Å²) < 4.78 is 9.35. The van der Waals surface area contributed by atoms with E-state index in [1.807, 2.05) is 76.4 Å². The summed E-state index contributed by atoms with van der Waals surface area (Å²) in [5.74, 6) is 0.306. The van der Waals surface area contributed by atoms with Crippen molar-refractivity contribution >= 4 is 17.9 Å². The molecule has 4 rings (SSSR count). The van der Waals surface area contributed by atoms with Crippen LogP contribution in [0, 0.1) is 0 Å². The van der Waals surface area contributed by atoms with Crippen molar-refractivity contribution in [2.24, 2.45) is 0 Å². The summed E-state index contributed by atoms with van der Waals surface area (Å²) in [6.45, 7) is 10.1. The number of aliphatic hydroxyl groups is 1. The lowest BCUT2D eigenvalue weighted by Crippen LogP contribution is -2.40. The van der Waals surface area contributed by atoms with Crippen molar-refractivity contribution in [2.45, 2.75) is 71.6 Å². The number of carbonyl (C=O) groups is 1. The van der Waals surface area contributed by atoms with E-state index >= 15 is 0 Å². The molecule has 38 heavy (non-hydrogen) atoms. The number of rotatable bonds is 8. The first-order valence-corrected chi connectivity index (χ1v) is 14.5. The molecule has 0 spiro atoms. The number of amides is 1. The number of ether oxygens (including phenoxy) is 1. The third-order valence-corrected chi connectivity index (χ3v) is 6.50. The minimum absolute atomic E-state index is 0.0481. The average molecular weight is 538 g/mol. The number of pyridine rings is 1. The fourth-order valence-corrected chi connectivity index (χ4v) is 4.62. The second-order valence-electron chi connectivity index (χ2n) is 9.44. The van der Waals surface area contributed by atoms with Crippen LogP contribution in [-0.2, 0) is 12.8 Å². The van der Waals surface area contributed by atoms with E-state index in [1.165, 1.54) is 23.7 Å². The van der Waals surface area contributed by atoms with E-state index in [2.05, 4.69) is 46.2 Å². The maximum absolute atomic E-state index is 12.8. The number of fused-ring (bicyclic) bond motifs is 1. The molecule has 1 amide bonds. The molecule has 3 N–H and O–H groups in total. The van der Waals surface area contributed by atoms with Gasteiger partial charge in [-0.15, -0.1) is 0 Å². The Morgan fingerprint density at radius 1 is 1.11 bits per heavy atom. The highest BCUT2D eigenvalue weighted by atomic mass is 32.2. The van der Waals surface area contributed by atoms with Gasteiger partial charge < -0.3 is 15.2 Å². The number of aliphatic hydroxyl groups excluding tert-OH is 1. The van der Waals surface area contributed by atoms with Gasteiger partial charge in [-0.25, -0.2) is 4.98 Å². The van der Waals surface area contributed by atoms with Gasteiger partial charge in [0.05, 0.1) is 24.3 Å². The van der Waals surface area contributed by atoms with Gasteiger partial charge in [0.15, 0.2) is 0 Å². The first-order valence-electron chi connectivity index (χ1n) is 13.3. The Bertz CT molecular complexity index is 1090. The SMILES string of the molecule is CC.CCc1ccccc1.CSNC1CC(C)(C)Oc2ncc(C(=O)NC(CO)Cc3ccccc3)cc21. The van der Waals surface area contributed by atoms with E-state index in [9.17, 15) is 9.90 Å². The summed E-state index contributed by atoms with van der Waals surface area (Å²) in [5.41, 5.74) is 3.48. The molecule has 3 aromatic rings. The molecule has 206 valence electrons. The molecule has 0 bridgehead atoms. The second kappa shape index (κ2) is 16.2. The van der Waals surface area contributed by atoms with Crippen molar-refractivity contribution in [3.8, 4) is 5.88 Å². The molecular weight excluding hydrogens is 494 g/mol. The van der Waals surface area contributed by atoms with E-state index in [1.54, 1.807) is 0 Å². The Hall–Kier alpha value is -2.87. The molecule has 6 nitrogen and oxygen atoms in total. The van der Waals surface area contributed by atoms with Gasteiger partial charge in [-0.2, -0.15) is 0 Å². The van der Waals surface area contributed by atoms with Crippen LogP contribution in [0.3, 0.4) is 0 Å². The largest absolute Gasteiger partial charge is 0.471 e. The molecule has 0 saturated carbocycles. The molecule has 0 aliphatic carbocycles. The predicted molar refractivity (Wildman–Crippen MR) is 159 cm³/mol. The molecule has 1 aliphatic rings. The molecule has 1 aromatic heterocycles. The van der Waals surface area contributed by atoms with Gasteiger partial charge in [-0.1, -0.05) is 93.4 Å². The van der Waals surface area contributed by atoms with E-state index < -0.39 is 0 Å². The lowest BCUT2D eigenvalue weighted by Gasteiger charge is -2.36. The van der Waals surface area contributed by atoms with Crippen LogP contribution in [-0.4, -0.2) is 40.5 Å². The summed E-state index contributed by atoms with van der Waals surface area (Å²) in [4.78, 5) is 17.1. The Labute approximate surface area is 232 Å². The van der Waals surface area contributed by atoms with Gasteiger partial charge in [-0.3, -0.25) is 9.52 Å². The van der Waals surface area contributed by atoms with Crippen LogP contribution < -0.4 is 14.8 Å². The van der Waals surface area contributed by atoms with Crippen LogP contribution in [0.4, 0.5) is 0 Å². The monoisotopic (exact) mass is 537 g/mol. The maximum Gasteiger partial charge on any atom is 0.253 e. The van der Waals surface area contributed by atoms with Gasteiger partial charge >= 0.3 is 0 Å². The van der Waals surface area contributed by atoms with Crippen LogP contribution in [0.2, 0.25) is 0 Å². The van der Waals surface area contributed by atoms with E-state index in [0.29, 0.717) is 17.9 Å². The van der Waals surface area contributed by atoms with Crippen molar-refractivity contribution in [3.63, 3.8) is 0 Å². The summed E-state index contributed by atoms with van der Waals surface area (Å²) in [6.07, 6.45) is 5.99. The molecule has 2 heterocycles. The Morgan fingerprint density at radius 2 is 1.71 bits per heavy atom. The number of benzene rings is 2. The average Bonchev–Trinajstić information content (AvgIpc) is 2.94. The van der Waals surface area contributed by atoms with Gasteiger partial charge in [0.25, 0.3) is 5.91 Å². The zero-order chi connectivity index (χ0) is 28.0. The van der Waals surface area contributed by atoms with Crippen molar-refractivity contribution in [1.82, 2.24) is 15.0 Å². The molecule has 7 heteroatoms. The van der Waals surface area contributed by atoms with Crippen molar-refractivity contribution in [3.05, 3.63) is 95.2 Å². The Kier molecular flexibility index (Phi) is 13.3. The highest BCUT2D eigenvalue weighted by Gasteiger charge is 2.35. The zero-order valence-electron chi connectivity index (χ0n) is 23.5. The Morgan fingerprint density at radius 3 is 2.24 bits per heavy atom. The number of aromatic nitrogens is 1. The molecule has 0 radical (unpaired) electrons. The molecule has 1 aliphatic heterocycles. The number of hydrogen-bond donors (Lipinski definition) is 3. The van der Waals surface area contributed by atoms with Crippen molar-refractivity contribution in [1.29, 1.82) is 0 Å². The zero-order valence-corrected chi connectivity index (χ0v) is 24.3. The minimum atomic E-state index is -0.360. The van der Waals surface area contributed by atoms with E-state index in [4.69, 9.17) is 4.74 Å². The van der Waals surface area contributed by atoms with Crippen LogP contribution in [0.25, 0.3) is 0 Å². The standard InChI is InChI=1S/C21H27N3O3S.C8H10.C2H6/c1-21(2)11-18(24-28-3)17-10-15(12-22-20(17)27-21)19(26)23-16(13-25)9-14-7-5-4-6-8-14;1-2-8-6-4-3-5-7-8;1-2/h4-8,10,12,16,18,24-25H,9,11,13H2,1-3H3,(H,23,26);3-7H,2H2,1H3;1-2H3. The van der Waals surface area contributed by atoms with Crippen LogP contribution in [0.15, 0.2) is 72.9 Å². The Balaban J connectivity index is 0.000000428. The molecule has 0 saturated heterocycles. The van der Waals surface area contributed by atoms with Gasteiger partial charge in [-0.05, 0) is 50.1 Å². The molecular formula is C31H43N3O3S. The quantitative estimate of drug-likeness (QED) is 0.299. The topological polar surface area (TPSA) is 83.5 Å². The number of carbonyl (C=O) groups excluding carboxylic acids is 1. The molecule has 2 atom stereocenters. The third kappa shape index (κ3) is 9.78. The van der Waals surface area contributed by atoms with Gasteiger partial charge in [0.2, 0.25) is 5.88 Å². The first kappa shape index (κ1) is 31.3. The smallest absolute Gasteiger partial charge is 0.253 e. The third-order valence-electron chi connectivity index (χ3n) is 5.98. The summed E-state index contributed by atoms with van der Waals surface area (Å²) >= 11 is 1.54. The lowest BCUT2D eigenvalue weighted by molar-refractivity contribution is 0.0644. The first-order chi connectivity index (χ1) is 18.3. The van der Waals surface area contributed by atoms with Crippen molar-refractivity contribution in [2.75, 3.05) is 12.9 Å². The normalized spacial score (nSPS) is 15.8. The van der Waals surface area contributed by atoms with Crippen molar-refractivity contribution < 1.29 is 14.6 Å². The van der Waals surface area contributed by atoms with Crippen LogP contribution >= 0.6 is 11.9 Å². The fraction of sp³-hybridized carbons (Fsp3) is 0.419. The predicted octanol–water partition coefficient (Wildman–Crippen LogP) is 6.16. The number of nitrogens with zero attached hydrogens (tertiary/aromatic N) is 1. The molecule has 2 aromatic carbocycles. The van der Waals surface area contributed by atoms with E-state index in [0.717, 1.165) is 24.0 Å². The summed E-state index contributed by atoms with van der Waals surface area (Å²) in [6, 6.07) is 21.8. The number of nitrogens with one attached hydrogen (secondary N) is 2. The van der Waals surface area contributed by atoms with E-state index in [-0.39, 0.29) is 30.2 Å². The fourth-order valence-electron chi connectivity index (χ4n) is 4.12. The molecule has 2 unspecified atom stereocenters. The highest BCUT2D eigenvalue weighted by Crippen LogP contribution is 2.39. The van der Waals surface area contributed by atoms with Gasteiger partial charge in [0, 0.05) is 18.2 Å². The maximum atomic E-state index is 12.8. The highest BCUT2D eigenvalue weighted by molar-refractivity contribution is 7.96. The lowest BCUT2D eigenvalue weighted by atomic mass is 9.91. The van der Waals surface area contributed by atoms with Crippen LogP contribution in [0.1, 0.15) is 74.1 Å².